The van der Waals surface area contributed by atoms with E-state index in [1.54, 1.807) is 36.4 Å². The molecule has 1 unspecified atom stereocenters. The first-order valence-electron chi connectivity index (χ1n) is 8.75. The minimum absolute atomic E-state index is 0.131. The molecule has 0 aliphatic carbocycles. The SMILES string of the molecule is C=C(NCC(=O)NC(CC(=O)O)c1cc(Cl)cc(Cl)c1)c1cccc(NC(=N)N)c1. The topological polar surface area (TPSA) is 140 Å². The molecule has 158 valence electrons. The van der Waals surface area contributed by atoms with Crippen LogP contribution in [0.2, 0.25) is 10.0 Å². The molecule has 2 aromatic rings. The van der Waals surface area contributed by atoms with Gasteiger partial charge in [-0.2, -0.15) is 0 Å². The number of rotatable bonds is 9. The van der Waals surface area contributed by atoms with Crippen molar-refractivity contribution in [1.29, 1.82) is 5.41 Å². The molecule has 8 nitrogen and oxygen atoms in total. The highest BCUT2D eigenvalue weighted by molar-refractivity contribution is 6.34. The van der Waals surface area contributed by atoms with Gasteiger partial charge in [0.2, 0.25) is 5.91 Å². The minimum atomic E-state index is -1.08. The summed E-state index contributed by atoms with van der Waals surface area (Å²) in [5.74, 6) is -1.71. The molecule has 0 aliphatic rings. The van der Waals surface area contributed by atoms with Crippen LogP contribution < -0.4 is 21.7 Å². The van der Waals surface area contributed by atoms with Gasteiger partial charge in [-0.1, -0.05) is 41.9 Å². The highest BCUT2D eigenvalue weighted by Gasteiger charge is 2.19. The van der Waals surface area contributed by atoms with Gasteiger partial charge < -0.3 is 26.8 Å². The summed E-state index contributed by atoms with van der Waals surface area (Å²) in [7, 11) is 0. The molecule has 0 fully saturated rings. The van der Waals surface area contributed by atoms with Crippen LogP contribution in [0.1, 0.15) is 23.6 Å². The average Bonchev–Trinajstić information content (AvgIpc) is 2.64. The van der Waals surface area contributed by atoms with E-state index in [9.17, 15) is 14.7 Å². The van der Waals surface area contributed by atoms with Crippen molar-refractivity contribution in [3.05, 3.63) is 70.2 Å². The quantitative estimate of drug-likeness (QED) is 0.256. The molecule has 2 rings (SSSR count). The fourth-order valence-corrected chi connectivity index (χ4v) is 3.22. The van der Waals surface area contributed by atoms with Gasteiger partial charge in [-0.15, -0.1) is 0 Å². The first-order chi connectivity index (χ1) is 14.1. The molecule has 2 aromatic carbocycles. The van der Waals surface area contributed by atoms with Crippen molar-refractivity contribution in [3.8, 4) is 0 Å². The molecule has 0 aliphatic heterocycles. The number of carbonyl (C=O) groups excluding carboxylic acids is 1. The molecular weight excluding hydrogens is 429 g/mol. The minimum Gasteiger partial charge on any atom is -0.481 e. The maximum atomic E-state index is 12.4. The number of hydrogen-bond acceptors (Lipinski definition) is 4. The van der Waals surface area contributed by atoms with Crippen molar-refractivity contribution in [2.45, 2.75) is 12.5 Å². The van der Waals surface area contributed by atoms with Crippen LogP contribution in [-0.2, 0) is 9.59 Å². The second kappa shape index (κ2) is 10.5. The second-order valence-corrected chi connectivity index (χ2v) is 7.25. The largest absolute Gasteiger partial charge is 0.481 e. The maximum absolute atomic E-state index is 12.4. The molecule has 0 heterocycles. The van der Waals surface area contributed by atoms with E-state index in [0.29, 0.717) is 32.6 Å². The van der Waals surface area contributed by atoms with Crippen LogP contribution in [0.15, 0.2) is 49.0 Å². The first-order valence-corrected chi connectivity index (χ1v) is 9.51. The molecule has 1 atom stereocenters. The van der Waals surface area contributed by atoms with Crippen molar-refractivity contribution < 1.29 is 14.7 Å². The number of benzene rings is 2. The molecule has 10 heteroatoms. The Bertz CT molecular complexity index is 960. The van der Waals surface area contributed by atoms with Crippen LogP contribution in [0, 0.1) is 5.41 Å². The van der Waals surface area contributed by atoms with Gasteiger partial charge in [-0.05, 0) is 41.5 Å². The number of nitrogens with one attached hydrogen (secondary N) is 4. The van der Waals surface area contributed by atoms with Crippen molar-refractivity contribution in [3.63, 3.8) is 0 Å². The number of hydrogen-bond donors (Lipinski definition) is 6. The normalized spacial score (nSPS) is 11.3. The molecule has 0 radical (unpaired) electrons. The predicted molar refractivity (Wildman–Crippen MR) is 119 cm³/mol. The van der Waals surface area contributed by atoms with E-state index in [0.717, 1.165) is 0 Å². The van der Waals surface area contributed by atoms with Crippen LogP contribution in [0.4, 0.5) is 5.69 Å². The highest BCUT2D eigenvalue weighted by Crippen LogP contribution is 2.25. The number of nitrogens with two attached hydrogens (primary N) is 1. The second-order valence-electron chi connectivity index (χ2n) is 6.37. The third-order valence-corrected chi connectivity index (χ3v) is 4.39. The van der Waals surface area contributed by atoms with Crippen LogP contribution >= 0.6 is 23.2 Å². The van der Waals surface area contributed by atoms with Crippen molar-refractivity contribution in [2.75, 3.05) is 11.9 Å². The Hall–Kier alpha value is -3.23. The standard InChI is InChI=1S/C20H21Cl2N5O3/c1-11(12-3-2-4-16(7-12)26-20(23)24)25-10-18(28)27-17(9-19(29)30)13-5-14(21)8-15(22)6-13/h2-8,17,25H,1,9-10H2,(H,27,28)(H,29,30)(H4,23,24,26). The monoisotopic (exact) mass is 449 g/mol. The number of aliphatic carboxylic acids is 1. The molecule has 0 bridgehead atoms. The summed E-state index contributed by atoms with van der Waals surface area (Å²) in [5, 5.41) is 25.4. The third kappa shape index (κ3) is 7.31. The number of carboxylic acid groups (broad SMARTS) is 1. The number of guanidine groups is 1. The summed E-state index contributed by atoms with van der Waals surface area (Å²) < 4.78 is 0. The number of halogens is 2. The summed E-state index contributed by atoms with van der Waals surface area (Å²) in [4.78, 5) is 23.6. The molecule has 0 spiro atoms. The lowest BCUT2D eigenvalue weighted by atomic mass is 10.0. The molecule has 7 N–H and O–H groups in total. The van der Waals surface area contributed by atoms with Gasteiger partial charge in [0.05, 0.1) is 19.0 Å². The Morgan fingerprint density at radius 1 is 1.17 bits per heavy atom. The van der Waals surface area contributed by atoms with E-state index in [4.69, 9.17) is 34.3 Å². The molecule has 0 aromatic heterocycles. The van der Waals surface area contributed by atoms with Crippen molar-refractivity contribution in [2.24, 2.45) is 5.73 Å². The molecular formula is C20H21Cl2N5O3. The van der Waals surface area contributed by atoms with Gasteiger partial charge in [-0.3, -0.25) is 15.0 Å². The van der Waals surface area contributed by atoms with E-state index in [2.05, 4.69) is 22.5 Å². The average molecular weight is 450 g/mol. The molecule has 0 saturated heterocycles. The summed E-state index contributed by atoms with van der Waals surface area (Å²) in [6, 6.07) is 10.8. The zero-order valence-corrected chi connectivity index (χ0v) is 17.3. The fraction of sp³-hybridized carbons (Fsp3) is 0.150. The number of carboxylic acids is 1. The van der Waals surface area contributed by atoms with Crippen molar-refractivity contribution >= 4 is 52.4 Å². The van der Waals surface area contributed by atoms with Gasteiger partial charge in [0.15, 0.2) is 5.96 Å². The third-order valence-electron chi connectivity index (χ3n) is 3.95. The Morgan fingerprint density at radius 2 is 1.83 bits per heavy atom. The Balaban J connectivity index is 2.02. The van der Waals surface area contributed by atoms with E-state index in [1.807, 2.05) is 0 Å². The first kappa shape index (κ1) is 23.1. The Kier molecular flexibility index (Phi) is 8.08. The lowest BCUT2D eigenvalue weighted by Gasteiger charge is -2.19. The lowest BCUT2D eigenvalue weighted by Crippen LogP contribution is -2.36. The van der Waals surface area contributed by atoms with Crippen LogP contribution in [0.25, 0.3) is 5.70 Å². The van der Waals surface area contributed by atoms with Gasteiger partial charge in [0.1, 0.15) is 0 Å². The maximum Gasteiger partial charge on any atom is 0.305 e. The van der Waals surface area contributed by atoms with Crippen LogP contribution in [0.3, 0.4) is 0 Å². The smallest absolute Gasteiger partial charge is 0.305 e. The van der Waals surface area contributed by atoms with Crippen LogP contribution in [-0.4, -0.2) is 29.5 Å². The zero-order chi connectivity index (χ0) is 22.3. The predicted octanol–water partition coefficient (Wildman–Crippen LogP) is 3.19. The molecule has 30 heavy (non-hydrogen) atoms. The van der Waals surface area contributed by atoms with Crippen molar-refractivity contribution in [1.82, 2.24) is 10.6 Å². The Morgan fingerprint density at radius 3 is 2.43 bits per heavy atom. The summed E-state index contributed by atoms with van der Waals surface area (Å²) >= 11 is 12.0. The molecule has 1 amide bonds. The van der Waals surface area contributed by atoms with Gasteiger partial charge in [0, 0.05) is 21.4 Å². The van der Waals surface area contributed by atoms with E-state index < -0.39 is 17.9 Å². The Labute approximate surface area is 183 Å². The van der Waals surface area contributed by atoms with Gasteiger partial charge >= 0.3 is 5.97 Å². The molecule has 0 saturated carbocycles. The van der Waals surface area contributed by atoms with E-state index >= 15 is 0 Å². The highest BCUT2D eigenvalue weighted by atomic mass is 35.5. The van der Waals surface area contributed by atoms with E-state index in [-0.39, 0.29) is 18.9 Å². The lowest BCUT2D eigenvalue weighted by molar-refractivity contribution is -0.137. The van der Waals surface area contributed by atoms with Crippen LogP contribution in [0.5, 0.6) is 0 Å². The summed E-state index contributed by atoms with van der Waals surface area (Å²) in [5.41, 5.74) is 7.58. The fourth-order valence-electron chi connectivity index (χ4n) is 2.68. The number of amides is 1. The number of anilines is 1. The van der Waals surface area contributed by atoms with Gasteiger partial charge in [0.25, 0.3) is 0 Å². The van der Waals surface area contributed by atoms with Gasteiger partial charge in [-0.25, -0.2) is 0 Å². The number of carbonyl (C=O) groups is 2. The van der Waals surface area contributed by atoms with E-state index in [1.165, 1.54) is 6.07 Å². The summed E-state index contributed by atoms with van der Waals surface area (Å²) in [6.45, 7) is 3.76. The zero-order valence-electron chi connectivity index (χ0n) is 15.8. The summed E-state index contributed by atoms with van der Waals surface area (Å²) in [6.07, 6.45) is -0.331.